The molecule has 0 aliphatic heterocycles. The molecule has 0 heterocycles. The molecule has 1 unspecified atom stereocenters. The van der Waals surface area contributed by atoms with E-state index >= 15 is 0 Å². The van der Waals surface area contributed by atoms with Gasteiger partial charge in [0.2, 0.25) is 6.43 Å². The first kappa shape index (κ1) is 11.3. The molecule has 0 rings (SSSR count). The number of carbonyl (C=O) groups excluding carboxylic acids is 1. The summed E-state index contributed by atoms with van der Waals surface area (Å²) in [6, 6.07) is 0. The highest BCUT2D eigenvalue weighted by molar-refractivity contribution is 5.69. The van der Waals surface area contributed by atoms with E-state index in [1.54, 1.807) is 6.92 Å². The number of methoxy groups -OCH3 is 1. The van der Waals surface area contributed by atoms with Crippen molar-refractivity contribution < 1.29 is 23.0 Å². The van der Waals surface area contributed by atoms with Crippen molar-refractivity contribution in [2.45, 2.75) is 25.9 Å². The quantitative estimate of drug-likeness (QED) is 0.599. The van der Waals surface area contributed by atoms with E-state index < -0.39 is 18.8 Å². The van der Waals surface area contributed by atoms with E-state index in [2.05, 4.69) is 4.74 Å². The Kier molecular flexibility index (Phi) is 5.53. The van der Waals surface area contributed by atoms with Crippen LogP contribution in [0.25, 0.3) is 0 Å². The minimum Gasteiger partial charge on any atom is -0.463 e. The number of alkyl halides is 2. The van der Waals surface area contributed by atoms with Crippen LogP contribution in [0.5, 0.6) is 0 Å². The lowest BCUT2D eigenvalue weighted by atomic mass is 10.4. The van der Waals surface area contributed by atoms with Gasteiger partial charge in [-0.2, -0.15) is 0 Å². The summed E-state index contributed by atoms with van der Waals surface area (Å²) in [4.78, 5) is 10.5. The highest BCUT2D eigenvalue weighted by Gasteiger charge is 2.12. The largest absolute Gasteiger partial charge is 0.463 e. The molecule has 0 aliphatic rings. The second kappa shape index (κ2) is 5.88. The van der Waals surface area contributed by atoms with E-state index in [1.165, 1.54) is 7.11 Å². The molecule has 0 bridgehead atoms. The molecule has 1 atom stereocenters. The normalized spacial score (nSPS) is 13.1. The Morgan fingerprint density at radius 3 is 2.50 bits per heavy atom. The molecular weight excluding hydrogens is 170 g/mol. The van der Waals surface area contributed by atoms with Gasteiger partial charge in [-0.1, -0.05) is 0 Å². The lowest BCUT2D eigenvalue weighted by Crippen LogP contribution is -2.18. The number of hydrogen-bond acceptors (Lipinski definition) is 3. The molecule has 0 fully saturated rings. The van der Waals surface area contributed by atoms with Crippen LogP contribution in [-0.2, 0) is 14.3 Å². The Morgan fingerprint density at radius 2 is 2.08 bits per heavy atom. The van der Waals surface area contributed by atoms with Crippen LogP contribution in [0.15, 0.2) is 0 Å². The monoisotopic (exact) mass is 182 g/mol. The predicted octanol–water partition coefficient (Wildman–Crippen LogP) is 1.22. The third kappa shape index (κ3) is 6.03. The average molecular weight is 182 g/mol. The highest BCUT2D eigenvalue weighted by Crippen LogP contribution is 2.01. The zero-order valence-electron chi connectivity index (χ0n) is 7.05. The van der Waals surface area contributed by atoms with Crippen LogP contribution in [-0.4, -0.2) is 32.2 Å². The molecule has 0 spiro atoms. The van der Waals surface area contributed by atoms with Crippen molar-refractivity contribution in [3.8, 4) is 0 Å². The maximum absolute atomic E-state index is 11.6. The number of rotatable bonds is 5. The van der Waals surface area contributed by atoms with Gasteiger partial charge in [-0.3, -0.25) is 4.79 Å². The topological polar surface area (TPSA) is 35.5 Å². The van der Waals surface area contributed by atoms with E-state index in [9.17, 15) is 13.6 Å². The van der Waals surface area contributed by atoms with Gasteiger partial charge in [0.05, 0.1) is 6.10 Å². The highest BCUT2D eigenvalue weighted by atomic mass is 19.3. The Balaban J connectivity index is 3.44. The molecule has 3 nitrogen and oxygen atoms in total. The van der Waals surface area contributed by atoms with E-state index in [0.717, 1.165) is 0 Å². The van der Waals surface area contributed by atoms with Crippen molar-refractivity contribution in [3.63, 3.8) is 0 Å². The third-order valence-electron chi connectivity index (χ3n) is 1.20. The molecule has 72 valence electrons. The van der Waals surface area contributed by atoms with Crippen LogP contribution >= 0.6 is 0 Å². The molecular formula is C7H12F2O3. The maximum atomic E-state index is 11.6. The van der Waals surface area contributed by atoms with Gasteiger partial charge in [0.1, 0.15) is 13.0 Å². The lowest BCUT2D eigenvalue weighted by Gasteiger charge is -2.09. The van der Waals surface area contributed by atoms with E-state index in [1.807, 2.05) is 0 Å². The number of halogens is 2. The van der Waals surface area contributed by atoms with Crippen molar-refractivity contribution in [2.75, 3.05) is 13.7 Å². The molecule has 0 saturated heterocycles. The summed E-state index contributed by atoms with van der Waals surface area (Å²) in [6.45, 7) is 1.69. The second-order valence-corrected chi connectivity index (χ2v) is 2.32. The van der Waals surface area contributed by atoms with Crippen LogP contribution in [0.1, 0.15) is 13.3 Å². The Morgan fingerprint density at radius 1 is 1.50 bits per heavy atom. The minimum absolute atomic E-state index is 0.0159. The lowest BCUT2D eigenvalue weighted by molar-refractivity contribution is -0.149. The molecule has 0 aromatic carbocycles. The van der Waals surface area contributed by atoms with Gasteiger partial charge in [-0.15, -0.1) is 0 Å². The molecule has 0 aliphatic carbocycles. The fourth-order valence-electron chi connectivity index (χ4n) is 0.463. The first-order valence-electron chi connectivity index (χ1n) is 3.52. The van der Waals surface area contributed by atoms with Gasteiger partial charge in [0.25, 0.3) is 0 Å². The minimum atomic E-state index is -2.64. The second-order valence-electron chi connectivity index (χ2n) is 2.32. The van der Waals surface area contributed by atoms with Gasteiger partial charge in [0.15, 0.2) is 0 Å². The van der Waals surface area contributed by atoms with E-state index in [0.29, 0.717) is 0 Å². The van der Waals surface area contributed by atoms with E-state index in [4.69, 9.17) is 4.74 Å². The summed E-state index contributed by atoms with van der Waals surface area (Å²) >= 11 is 0. The third-order valence-corrected chi connectivity index (χ3v) is 1.20. The van der Waals surface area contributed by atoms with Gasteiger partial charge in [-0.05, 0) is 6.92 Å². The van der Waals surface area contributed by atoms with Crippen LogP contribution in [0, 0.1) is 0 Å². The van der Waals surface area contributed by atoms with Crippen molar-refractivity contribution in [1.82, 2.24) is 0 Å². The summed E-state index contributed by atoms with van der Waals surface area (Å²) in [5, 5.41) is 0. The van der Waals surface area contributed by atoms with Gasteiger partial charge >= 0.3 is 5.97 Å². The smallest absolute Gasteiger partial charge is 0.311 e. The maximum Gasteiger partial charge on any atom is 0.311 e. The van der Waals surface area contributed by atoms with Crippen molar-refractivity contribution >= 4 is 5.97 Å². The first-order chi connectivity index (χ1) is 5.56. The van der Waals surface area contributed by atoms with Gasteiger partial charge in [-0.25, -0.2) is 8.78 Å². The van der Waals surface area contributed by atoms with E-state index in [-0.39, 0.29) is 12.7 Å². The molecule has 0 aromatic rings. The SMILES string of the molecule is COC(C)COC(=O)CC(F)F. The summed E-state index contributed by atoms with van der Waals surface area (Å²) in [5.74, 6) is -0.895. The van der Waals surface area contributed by atoms with Crippen molar-refractivity contribution in [2.24, 2.45) is 0 Å². The summed E-state index contributed by atoms with van der Waals surface area (Å²) in [5.41, 5.74) is 0. The molecule has 0 aromatic heterocycles. The molecule has 12 heavy (non-hydrogen) atoms. The van der Waals surface area contributed by atoms with Crippen molar-refractivity contribution in [3.05, 3.63) is 0 Å². The standard InChI is InChI=1S/C7H12F2O3/c1-5(11-2)4-12-7(10)3-6(8)9/h5-6H,3-4H2,1-2H3. The zero-order chi connectivity index (χ0) is 9.56. The Hall–Kier alpha value is -0.710. The molecule has 5 heteroatoms. The fourth-order valence-corrected chi connectivity index (χ4v) is 0.463. The van der Waals surface area contributed by atoms with Crippen LogP contribution in [0.2, 0.25) is 0 Å². The van der Waals surface area contributed by atoms with Gasteiger partial charge in [0, 0.05) is 7.11 Å². The number of esters is 1. The predicted molar refractivity (Wildman–Crippen MR) is 38.1 cm³/mol. The summed E-state index contributed by atoms with van der Waals surface area (Å²) in [6.07, 6.45) is -3.75. The van der Waals surface area contributed by atoms with Crippen LogP contribution < -0.4 is 0 Å². The Bertz CT molecular complexity index is 139. The van der Waals surface area contributed by atoms with Crippen molar-refractivity contribution in [1.29, 1.82) is 0 Å². The average Bonchev–Trinajstić information content (AvgIpc) is 1.99. The number of carbonyl (C=O) groups is 1. The Labute approximate surface area is 69.6 Å². The number of ether oxygens (including phenoxy) is 2. The first-order valence-corrected chi connectivity index (χ1v) is 3.52. The molecule has 0 saturated carbocycles. The molecule has 0 radical (unpaired) electrons. The summed E-state index contributed by atoms with van der Waals surface area (Å²) in [7, 11) is 1.45. The molecule has 0 N–H and O–H groups in total. The molecule has 0 amide bonds. The van der Waals surface area contributed by atoms with Gasteiger partial charge < -0.3 is 9.47 Å². The number of hydrogen-bond donors (Lipinski definition) is 0. The summed E-state index contributed by atoms with van der Waals surface area (Å²) < 4.78 is 32.3. The van der Waals surface area contributed by atoms with Crippen LogP contribution in [0.3, 0.4) is 0 Å². The zero-order valence-corrected chi connectivity index (χ0v) is 7.05. The van der Waals surface area contributed by atoms with Crippen LogP contribution in [0.4, 0.5) is 8.78 Å². The fraction of sp³-hybridized carbons (Fsp3) is 0.857.